The van der Waals surface area contributed by atoms with E-state index < -0.39 is 0 Å². The summed E-state index contributed by atoms with van der Waals surface area (Å²) in [5, 5.41) is 7.36. The monoisotopic (exact) mass is 323 g/mol. The van der Waals surface area contributed by atoms with Crippen molar-refractivity contribution >= 4 is 15.9 Å². The zero-order chi connectivity index (χ0) is 13.8. The van der Waals surface area contributed by atoms with Gasteiger partial charge in [0, 0.05) is 22.5 Å². The fourth-order valence-electron chi connectivity index (χ4n) is 1.87. The van der Waals surface area contributed by atoms with Gasteiger partial charge in [0.15, 0.2) is 0 Å². The second kappa shape index (κ2) is 6.30. The highest BCUT2D eigenvalue weighted by molar-refractivity contribution is 9.10. The van der Waals surface area contributed by atoms with Gasteiger partial charge in [0.25, 0.3) is 0 Å². The van der Waals surface area contributed by atoms with Crippen molar-refractivity contribution in [2.24, 2.45) is 0 Å². The standard InChI is InChI=1S/C14H18BrN3O/c1-4-16-8-10(3)14-17-13(18-19-14)12-6-5-11(15)7-9(12)2/h5-7,10,16H,4,8H2,1-3H3. The molecule has 102 valence electrons. The number of aromatic nitrogens is 2. The van der Waals surface area contributed by atoms with E-state index in [-0.39, 0.29) is 5.92 Å². The maximum atomic E-state index is 5.35. The third-order valence-electron chi connectivity index (χ3n) is 2.99. The molecule has 5 heteroatoms. The van der Waals surface area contributed by atoms with Gasteiger partial charge in [-0.05, 0) is 37.2 Å². The quantitative estimate of drug-likeness (QED) is 0.914. The maximum absolute atomic E-state index is 5.35. The van der Waals surface area contributed by atoms with Crippen molar-refractivity contribution in [2.75, 3.05) is 13.1 Å². The van der Waals surface area contributed by atoms with E-state index in [9.17, 15) is 0 Å². The van der Waals surface area contributed by atoms with Crippen LogP contribution in [0.5, 0.6) is 0 Å². The van der Waals surface area contributed by atoms with Crippen LogP contribution < -0.4 is 5.32 Å². The normalized spacial score (nSPS) is 12.6. The van der Waals surface area contributed by atoms with Crippen molar-refractivity contribution in [1.29, 1.82) is 0 Å². The molecule has 1 aromatic heterocycles. The summed E-state index contributed by atoms with van der Waals surface area (Å²) in [5.41, 5.74) is 2.13. The Bertz CT molecular complexity index is 553. The molecule has 4 nitrogen and oxygen atoms in total. The van der Waals surface area contributed by atoms with E-state index in [2.05, 4.69) is 45.2 Å². The van der Waals surface area contributed by atoms with E-state index in [0.717, 1.165) is 28.7 Å². The molecule has 0 aliphatic rings. The van der Waals surface area contributed by atoms with Crippen molar-refractivity contribution in [3.05, 3.63) is 34.1 Å². The van der Waals surface area contributed by atoms with Crippen molar-refractivity contribution in [3.63, 3.8) is 0 Å². The summed E-state index contributed by atoms with van der Waals surface area (Å²) in [6.07, 6.45) is 0. The molecule has 19 heavy (non-hydrogen) atoms. The van der Waals surface area contributed by atoms with Crippen LogP contribution in [0.25, 0.3) is 11.4 Å². The van der Waals surface area contributed by atoms with Gasteiger partial charge in [-0.3, -0.25) is 0 Å². The predicted molar refractivity (Wildman–Crippen MR) is 79.1 cm³/mol. The fourth-order valence-corrected chi connectivity index (χ4v) is 2.35. The Morgan fingerprint density at radius 2 is 2.21 bits per heavy atom. The number of nitrogens with one attached hydrogen (secondary N) is 1. The average molecular weight is 324 g/mol. The molecule has 1 atom stereocenters. The molecule has 0 bridgehead atoms. The molecule has 0 aliphatic heterocycles. The van der Waals surface area contributed by atoms with Crippen LogP contribution in [0.15, 0.2) is 27.2 Å². The molecule has 0 fully saturated rings. The molecule has 2 aromatic rings. The summed E-state index contributed by atoms with van der Waals surface area (Å²) in [5.74, 6) is 1.55. The summed E-state index contributed by atoms with van der Waals surface area (Å²) in [6.45, 7) is 7.98. The number of rotatable bonds is 5. The lowest BCUT2D eigenvalue weighted by Crippen LogP contribution is -2.19. The molecule has 0 spiro atoms. The van der Waals surface area contributed by atoms with Crippen LogP contribution in [0, 0.1) is 6.92 Å². The minimum Gasteiger partial charge on any atom is -0.339 e. The first-order valence-electron chi connectivity index (χ1n) is 6.42. The van der Waals surface area contributed by atoms with E-state index in [1.807, 2.05) is 25.1 Å². The third-order valence-corrected chi connectivity index (χ3v) is 3.49. The smallest absolute Gasteiger partial charge is 0.231 e. The number of hydrogen-bond donors (Lipinski definition) is 1. The van der Waals surface area contributed by atoms with Crippen LogP contribution in [0.1, 0.15) is 31.2 Å². The highest BCUT2D eigenvalue weighted by Gasteiger charge is 2.15. The first-order chi connectivity index (χ1) is 9.11. The Balaban J connectivity index is 2.20. The summed E-state index contributed by atoms with van der Waals surface area (Å²) in [4.78, 5) is 4.49. The van der Waals surface area contributed by atoms with Crippen molar-refractivity contribution in [2.45, 2.75) is 26.7 Å². The number of aryl methyl sites for hydroxylation is 1. The van der Waals surface area contributed by atoms with E-state index in [1.165, 1.54) is 0 Å². The van der Waals surface area contributed by atoms with Crippen LogP contribution in [-0.2, 0) is 0 Å². The molecule has 2 rings (SSSR count). The lowest BCUT2D eigenvalue weighted by Gasteiger charge is -2.05. The van der Waals surface area contributed by atoms with Gasteiger partial charge in [-0.2, -0.15) is 4.98 Å². The lowest BCUT2D eigenvalue weighted by molar-refractivity contribution is 0.355. The second-order valence-corrected chi connectivity index (χ2v) is 5.54. The molecule has 1 heterocycles. The largest absolute Gasteiger partial charge is 0.339 e. The maximum Gasteiger partial charge on any atom is 0.231 e. The van der Waals surface area contributed by atoms with Crippen LogP contribution in [0.4, 0.5) is 0 Å². The van der Waals surface area contributed by atoms with E-state index in [1.54, 1.807) is 0 Å². The van der Waals surface area contributed by atoms with E-state index >= 15 is 0 Å². The molecule has 0 aliphatic carbocycles. The number of hydrogen-bond acceptors (Lipinski definition) is 4. The topological polar surface area (TPSA) is 51.0 Å². The number of nitrogens with zero attached hydrogens (tertiary/aromatic N) is 2. The Labute approximate surface area is 121 Å². The second-order valence-electron chi connectivity index (χ2n) is 4.62. The molecule has 0 saturated carbocycles. The Hall–Kier alpha value is -1.20. The highest BCUT2D eigenvalue weighted by atomic mass is 79.9. The highest BCUT2D eigenvalue weighted by Crippen LogP contribution is 2.25. The average Bonchev–Trinajstić information content (AvgIpc) is 2.85. The van der Waals surface area contributed by atoms with Gasteiger partial charge in [-0.15, -0.1) is 0 Å². The molecule has 0 radical (unpaired) electrons. The van der Waals surface area contributed by atoms with E-state index in [4.69, 9.17) is 4.52 Å². The molecular weight excluding hydrogens is 306 g/mol. The first-order valence-corrected chi connectivity index (χ1v) is 7.22. The Kier molecular flexibility index (Phi) is 4.71. The Morgan fingerprint density at radius 1 is 1.42 bits per heavy atom. The molecule has 1 N–H and O–H groups in total. The predicted octanol–water partition coefficient (Wildman–Crippen LogP) is 3.52. The number of halogens is 1. The summed E-state index contributed by atoms with van der Waals surface area (Å²) >= 11 is 3.45. The number of benzene rings is 1. The zero-order valence-electron chi connectivity index (χ0n) is 11.4. The van der Waals surface area contributed by atoms with Crippen LogP contribution in [0.2, 0.25) is 0 Å². The van der Waals surface area contributed by atoms with Crippen molar-refractivity contribution in [1.82, 2.24) is 15.5 Å². The lowest BCUT2D eigenvalue weighted by atomic mass is 10.1. The number of likely N-dealkylation sites (N-methyl/N-ethyl adjacent to an activating group) is 1. The summed E-state index contributed by atoms with van der Waals surface area (Å²) in [7, 11) is 0. The van der Waals surface area contributed by atoms with Gasteiger partial charge in [0.05, 0.1) is 0 Å². The van der Waals surface area contributed by atoms with Gasteiger partial charge in [0.2, 0.25) is 11.7 Å². The molecule has 0 saturated heterocycles. The van der Waals surface area contributed by atoms with Gasteiger partial charge < -0.3 is 9.84 Å². The van der Waals surface area contributed by atoms with Crippen LogP contribution in [-0.4, -0.2) is 23.2 Å². The van der Waals surface area contributed by atoms with Gasteiger partial charge in [-0.1, -0.05) is 34.9 Å². The molecule has 1 aromatic carbocycles. The van der Waals surface area contributed by atoms with E-state index in [0.29, 0.717) is 11.7 Å². The summed E-state index contributed by atoms with van der Waals surface area (Å²) in [6, 6.07) is 6.04. The van der Waals surface area contributed by atoms with Gasteiger partial charge in [0.1, 0.15) is 0 Å². The summed E-state index contributed by atoms with van der Waals surface area (Å²) < 4.78 is 6.40. The van der Waals surface area contributed by atoms with Crippen molar-refractivity contribution < 1.29 is 4.52 Å². The minimum atomic E-state index is 0.219. The van der Waals surface area contributed by atoms with Gasteiger partial charge in [-0.25, -0.2) is 0 Å². The first kappa shape index (κ1) is 14.2. The Morgan fingerprint density at radius 3 is 2.89 bits per heavy atom. The molecule has 0 amide bonds. The third kappa shape index (κ3) is 3.42. The zero-order valence-corrected chi connectivity index (χ0v) is 13.0. The van der Waals surface area contributed by atoms with Crippen LogP contribution in [0.3, 0.4) is 0 Å². The van der Waals surface area contributed by atoms with Crippen molar-refractivity contribution in [3.8, 4) is 11.4 Å². The van der Waals surface area contributed by atoms with Crippen LogP contribution >= 0.6 is 15.9 Å². The molecule has 1 unspecified atom stereocenters. The fraction of sp³-hybridized carbons (Fsp3) is 0.429. The minimum absolute atomic E-state index is 0.219. The van der Waals surface area contributed by atoms with Gasteiger partial charge >= 0.3 is 0 Å². The SMILES string of the molecule is CCNCC(C)c1nc(-c2ccc(Br)cc2C)no1. The molecular formula is C14H18BrN3O.